The minimum Gasteiger partial charge on any atom is -0.496 e. The van der Waals surface area contributed by atoms with Gasteiger partial charge in [0, 0.05) is 42.3 Å². The fourth-order valence-electron chi connectivity index (χ4n) is 6.92. The fraction of sp³-hybridized carbons (Fsp3) is 0.227. The van der Waals surface area contributed by atoms with Gasteiger partial charge in [0.15, 0.2) is 0 Å². The smallest absolute Gasteiger partial charge is 0.257 e. The zero-order valence-corrected chi connectivity index (χ0v) is 36.0. The van der Waals surface area contributed by atoms with Crippen LogP contribution in [0.15, 0.2) is 89.8 Å². The Balaban J connectivity index is 0.000000184. The number of nitrogens with one attached hydrogen (secondary N) is 2. The zero-order valence-electron chi connectivity index (χ0n) is 34.4. The summed E-state index contributed by atoms with van der Waals surface area (Å²) in [6.45, 7) is 2.45. The number of ether oxygens (including phenoxy) is 2. The molecule has 314 valence electrons. The average molecular weight is 862 g/mol. The quantitative estimate of drug-likeness (QED) is 0.105. The molecule has 17 heteroatoms. The van der Waals surface area contributed by atoms with Gasteiger partial charge in [0.1, 0.15) is 28.1 Å². The normalized spacial score (nSPS) is 11.8. The van der Waals surface area contributed by atoms with Gasteiger partial charge in [-0.15, -0.1) is 0 Å². The van der Waals surface area contributed by atoms with Crippen LogP contribution in [0.5, 0.6) is 11.5 Å². The second kappa shape index (κ2) is 17.7. The first-order valence-corrected chi connectivity index (χ1v) is 21.1. The molecule has 8 aromatic rings. The van der Waals surface area contributed by atoms with Crippen molar-refractivity contribution in [2.24, 2.45) is 5.14 Å². The highest BCUT2D eigenvalue weighted by Gasteiger charge is 2.21. The minimum atomic E-state index is -3.81. The van der Waals surface area contributed by atoms with Crippen molar-refractivity contribution in [3.63, 3.8) is 0 Å². The van der Waals surface area contributed by atoms with Crippen molar-refractivity contribution >= 4 is 99.1 Å². The van der Waals surface area contributed by atoms with Gasteiger partial charge in [-0.05, 0) is 100 Å². The monoisotopic (exact) mass is 861 g/mol. The lowest BCUT2D eigenvalue weighted by Gasteiger charge is -2.14. The summed E-state index contributed by atoms with van der Waals surface area (Å²) < 4.78 is 34.3. The summed E-state index contributed by atoms with van der Waals surface area (Å²) in [5, 5.41) is 14.6. The predicted octanol–water partition coefficient (Wildman–Crippen LogP) is 5.77. The van der Waals surface area contributed by atoms with E-state index in [1.165, 1.54) is 19.2 Å². The molecule has 6 aromatic carbocycles. The van der Waals surface area contributed by atoms with Gasteiger partial charge in [-0.25, -0.2) is 33.5 Å². The predicted molar refractivity (Wildman–Crippen MR) is 240 cm³/mol. The van der Waals surface area contributed by atoms with E-state index in [9.17, 15) is 18.0 Å². The molecule has 0 bridgehead atoms. The number of sulfonamides is 1. The van der Waals surface area contributed by atoms with Crippen LogP contribution in [0.1, 0.15) is 20.7 Å². The number of methoxy groups -OCH3 is 2. The molecule has 61 heavy (non-hydrogen) atoms. The molecule has 2 amide bonds. The van der Waals surface area contributed by atoms with Crippen LogP contribution in [0.2, 0.25) is 5.02 Å². The summed E-state index contributed by atoms with van der Waals surface area (Å²) >= 11 is 6.54. The lowest BCUT2D eigenvalue weighted by Crippen LogP contribution is -2.31. The Hall–Kier alpha value is -6.30. The maximum Gasteiger partial charge on any atom is 0.257 e. The summed E-state index contributed by atoms with van der Waals surface area (Å²) in [6, 6.07) is 24.4. The number of aromatic nitrogens is 4. The van der Waals surface area contributed by atoms with Gasteiger partial charge in [-0.3, -0.25) is 9.59 Å². The molecule has 0 aliphatic rings. The van der Waals surface area contributed by atoms with Gasteiger partial charge in [-0.1, -0.05) is 29.8 Å². The summed E-state index contributed by atoms with van der Waals surface area (Å²) in [4.78, 5) is 48.8. The van der Waals surface area contributed by atoms with Gasteiger partial charge in [0.25, 0.3) is 11.8 Å². The van der Waals surface area contributed by atoms with Crippen molar-refractivity contribution in [3.8, 4) is 11.5 Å². The Bertz CT molecular complexity index is 3130. The van der Waals surface area contributed by atoms with Crippen LogP contribution in [-0.2, 0) is 10.0 Å². The van der Waals surface area contributed by atoms with E-state index < -0.39 is 10.0 Å². The molecule has 0 spiro atoms. The number of carbonyl (C=O) groups excluding carboxylic acids is 2. The largest absolute Gasteiger partial charge is 0.496 e. The number of halogens is 1. The molecule has 0 atom stereocenters. The van der Waals surface area contributed by atoms with E-state index in [-0.39, 0.29) is 16.7 Å². The number of para-hydroxylation sites is 1. The zero-order chi connectivity index (χ0) is 43.6. The number of benzene rings is 6. The van der Waals surface area contributed by atoms with Crippen molar-refractivity contribution in [3.05, 3.63) is 101 Å². The van der Waals surface area contributed by atoms with E-state index in [1.54, 1.807) is 55.6 Å². The average Bonchev–Trinajstić information content (AvgIpc) is 3.23. The number of nitrogens with two attached hydrogens (primary N) is 1. The maximum atomic E-state index is 13.1. The first-order chi connectivity index (χ1) is 29.2. The van der Waals surface area contributed by atoms with Crippen LogP contribution in [-0.4, -0.2) is 119 Å². The van der Waals surface area contributed by atoms with Crippen LogP contribution in [0.25, 0.3) is 65.7 Å². The molecular weight excluding hydrogens is 818 g/mol. The molecule has 0 radical (unpaired) electrons. The number of nitrogens with zero attached hydrogens (tertiary/aromatic N) is 6. The first kappa shape index (κ1) is 42.8. The molecular formula is C44H44ClN9O6S. The minimum absolute atomic E-state index is 0.0315. The van der Waals surface area contributed by atoms with Crippen LogP contribution < -0.4 is 25.2 Å². The number of carbonyl (C=O) groups is 2. The van der Waals surface area contributed by atoms with Crippen LogP contribution in [0.4, 0.5) is 0 Å². The fourth-order valence-corrected chi connectivity index (χ4v) is 7.73. The number of fused-ring (bicyclic) bond motifs is 8. The maximum absolute atomic E-state index is 13.1. The van der Waals surface area contributed by atoms with Crippen molar-refractivity contribution in [1.29, 1.82) is 0 Å². The van der Waals surface area contributed by atoms with Crippen molar-refractivity contribution in [2.45, 2.75) is 4.90 Å². The molecule has 15 nitrogen and oxygen atoms in total. The summed E-state index contributed by atoms with van der Waals surface area (Å²) in [6.07, 6.45) is 0. The van der Waals surface area contributed by atoms with Crippen molar-refractivity contribution in [1.82, 2.24) is 40.4 Å². The van der Waals surface area contributed by atoms with Gasteiger partial charge >= 0.3 is 0 Å². The first-order valence-electron chi connectivity index (χ1n) is 19.1. The van der Waals surface area contributed by atoms with E-state index >= 15 is 0 Å². The van der Waals surface area contributed by atoms with Crippen molar-refractivity contribution in [2.75, 3.05) is 68.6 Å². The van der Waals surface area contributed by atoms with Gasteiger partial charge < -0.3 is 29.9 Å². The Kier molecular flexibility index (Phi) is 12.4. The topological polar surface area (TPSA) is 195 Å². The second-order valence-electron chi connectivity index (χ2n) is 14.7. The van der Waals surface area contributed by atoms with E-state index in [0.717, 1.165) is 22.7 Å². The Morgan fingerprint density at radius 2 is 1.23 bits per heavy atom. The highest BCUT2D eigenvalue weighted by molar-refractivity contribution is 7.89. The van der Waals surface area contributed by atoms with Gasteiger partial charge in [0.2, 0.25) is 10.0 Å². The lowest BCUT2D eigenvalue weighted by molar-refractivity contribution is 0.0942. The second-order valence-corrected chi connectivity index (χ2v) is 16.7. The van der Waals surface area contributed by atoms with Gasteiger partial charge in [-0.2, -0.15) is 0 Å². The molecule has 2 heterocycles. The highest BCUT2D eigenvalue weighted by atomic mass is 35.5. The number of likely N-dealkylation sites (N-methyl/N-ethyl adjacent to an activating group) is 2. The van der Waals surface area contributed by atoms with Crippen molar-refractivity contribution < 1.29 is 27.5 Å². The molecule has 0 saturated heterocycles. The molecule has 0 aliphatic carbocycles. The van der Waals surface area contributed by atoms with Crippen LogP contribution in [0, 0.1) is 0 Å². The molecule has 2 aromatic heterocycles. The molecule has 0 saturated carbocycles. The van der Waals surface area contributed by atoms with Gasteiger partial charge in [0.05, 0.1) is 62.8 Å². The molecule has 8 rings (SSSR count). The number of hydrogen-bond donors (Lipinski definition) is 3. The lowest BCUT2D eigenvalue weighted by atomic mass is 10.1. The van der Waals surface area contributed by atoms with E-state index in [0.29, 0.717) is 96.8 Å². The number of rotatable bonds is 11. The van der Waals surface area contributed by atoms with Crippen LogP contribution in [0.3, 0.4) is 0 Å². The number of amides is 2. The van der Waals surface area contributed by atoms with E-state index in [2.05, 4.69) is 15.6 Å². The highest BCUT2D eigenvalue weighted by Crippen LogP contribution is 2.37. The summed E-state index contributed by atoms with van der Waals surface area (Å²) in [5.74, 6) is 0.651. The third-order valence-electron chi connectivity index (χ3n) is 9.97. The van der Waals surface area contributed by atoms with Crippen LogP contribution >= 0.6 is 11.6 Å². The molecule has 4 N–H and O–H groups in total. The Labute approximate surface area is 356 Å². The number of primary sulfonamides is 1. The summed E-state index contributed by atoms with van der Waals surface area (Å²) in [5.41, 5.74) is 5.49. The summed E-state index contributed by atoms with van der Waals surface area (Å²) in [7, 11) is 7.11. The third kappa shape index (κ3) is 8.94. The molecule has 0 aliphatic heterocycles. The molecule has 0 unspecified atom stereocenters. The number of hydrogen-bond acceptors (Lipinski definition) is 12. The molecule has 0 fully saturated rings. The Morgan fingerprint density at radius 1 is 0.656 bits per heavy atom. The Morgan fingerprint density at radius 3 is 1.90 bits per heavy atom. The third-order valence-corrected chi connectivity index (χ3v) is 11.2. The van der Waals surface area contributed by atoms with E-state index in [4.69, 9.17) is 41.2 Å². The SMILES string of the molecule is CN(C)CCNC(=O)c1cccc2nc3ccc4cc(S(N)(=O)=O)ccc4c3nc12.COc1ccc2nc3ccc4c(OC)ccc(Cl)c4c3nc2c1C(=O)NCCN(C)C. The standard InChI is InChI=1S/C23H23ClN4O3.C21H21N5O3S/c1-28(2)12-11-25-23(29)20-18(31-4)10-8-16-22(20)27-21-15(26-16)7-5-13-17(30-3)9-6-14(24)19(13)21;1-26(2)11-10-23-21(27)16-4-3-5-17-20(16)25-19-15-8-7-14(30(22,28)29)12-13(15)6-9-18(19)24-17/h5-10H,11-12H2,1-4H3,(H,25,29);3-9,12H,10-11H2,1-2H3,(H,23,27)(H2,22,28,29). The van der Waals surface area contributed by atoms with E-state index in [1.807, 2.05) is 62.3 Å².